The molecule has 1 heterocycles. The lowest BCUT2D eigenvalue weighted by molar-refractivity contribution is 0.589. The minimum Gasteiger partial charge on any atom is -0.456 e. The van der Waals surface area contributed by atoms with E-state index in [9.17, 15) is 0 Å². The first-order valence-electron chi connectivity index (χ1n) is 14.3. The number of rotatable bonds is 6. The maximum Gasteiger partial charge on any atom is 0.167 e. The van der Waals surface area contributed by atoms with Gasteiger partial charge in [-0.15, -0.1) is 0 Å². The van der Waals surface area contributed by atoms with E-state index in [0.717, 1.165) is 44.6 Å². The number of fused-ring (bicyclic) bond motifs is 3. The van der Waals surface area contributed by atoms with Crippen molar-refractivity contribution >= 4 is 64.7 Å². The fourth-order valence-corrected chi connectivity index (χ4v) is 11.0. The van der Waals surface area contributed by atoms with Crippen LogP contribution in [-0.2, 0) is 4.57 Å². The molecule has 0 amide bonds. The molecule has 0 spiro atoms. The lowest BCUT2D eigenvalue weighted by atomic mass is 10.1. The van der Waals surface area contributed by atoms with Gasteiger partial charge >= 0.3 is 0 Å². The average molecular weight is 581 g/mol. The molecule has 5 aromatic carbocycles. The van der Waals surface area contributed by atoms with Gasteiger partial charge in [-0.1, -0.05) is 133 Å². The van der Waals surface area contributed by atoms with Gasteiger partial charge in [0.05, 0.1) is 0 Å². The normalized spacial score (nSPS) is 15.4. The summed E-state index contributed by atoms with van der Waals surface area (Å²) >= 11 is 0. The number of hydrogen-bond acceptors (Lipinski definition) is 2. The number of allylic oxidation sites excluding steroid dienone is 2. The predicted molar refractivity (Wildman–Crippen MR) is 181 cm³/mol. The van der Waals surface area contributed by atoms with Crippen LogP contribution in [0.1, 0.15) is 24.2 Å². The monoisotopic (exact) mass is 580 g/mol. The molecule has 0 saturated heterocycles. The van der Waals surface area contributed by atoms with E-state index in [2.05, 4.69) is 97.1 Å². The van der Waals surface area contributed by atoms with Crippen molar-refractivity contribution < 1.29 is 8.98 Å². The molecule has 2 nitrogen and oxygen atoms in total. The summed E-state index contributed by atoms with van der Waals surface area (Å²) in [4.78, 5) is 0. The molecule has 0 unspecified atom stereocenters. The van der Waals surface area contributed by atoms with Crippen LogP contribution in [-0.4, -0.2) is 0 Å². The standard InChI is InChI=1S/C38H30O2P2/c39-42(32-19-9-3-10-20-32,33-21-11-4-12-22-33)34-23-13-14-24-37-36(28-34)35-27-31(25-26-38(35)40-37)41(29-15-5-1-6-16-29)30-17-7-2-8-18-30/h1-12,14-22,24-28H,13,23H2/b24-14-,34-28+. The van der Waals surface area contributed by atoms with E-state index >= 15 is 4.57 Å². The minimum atomic E-state index is -3.09. The van der Waals surface area contributed by atoms with Crippen molar-refractivity contribution in [2.75, 3.05) is 0 Å². The third-order valence-electron chi connectivity index (χ3n) is 7.82. The van der Waals surface area contributed by atoms with Gasteiger partial charge in [0, 0.05) is 21.6 Å². The predicted octanol–water partition coefficient (Wildman–Crippen LogP) is 8.35. The van der Waals surface area contributed by atoms with Gasteiger partial charge in [0.1, 0.15) is 11.3 Å². The molecule has 0 bridgehead atoms. The van der Waals surface area contributed by atoms with Crippen LogP contribution in [0.3, 0.4) is 0 Å². The molecule has 0 radical (unpaired) electrons. The smallest absolute Gasteiger partial charge is 0.167 e. The lowest BCUT2D eigenvalue weighted by Crippen LogP contribution is -2.20. The molecule has 1 aromatic heterocycles. The number of furan rings is 1. The van der Waals surface area contributed by atoms with Crippen molar-refractivity contribution in [1.82, 2.24) is 0 Å². The summed E-state index contributed by atoms with van der Waals surface area (Å²) in [6.07, 6.45) is 7.91. The first kappa shape index (κ1) is 26.7. The highest BCUT2D eigenvalue weighted by atomic mass is 31.2. The minimum absolute atomic E-state index is 0.712. The zero-order valence-corrected chi connectivity index (χ0v) is 24.9. The Morgan fingerprint density at radius 2 is 1.17 bits per heavy atom. The van der Waals surface area contributed by atoms with E-state index in [1.165, 1.54) is 15.9 Å². The summed E-state index contributed by atoms with van der Waals surface area (Å²) in [5, 5.41) is 7.59. The number of hydrogen-bond donors (Lipinski definition) is 0. The molecule has 0 atom stereocenters. The number of benzene rings is 5. The largest absolute Gasteiger partial charge is 0.456 e. The first-order chi connectivity index (χ1) is 20.7. The summed E-state index contributed by atoms with van der Waals surface area (Å²) in [6.45, 7) is 0. The lowest BCUT2D eigenvalue weighted by Gasteiger charge is -2.23. The average Bonchev–Trinajstić information content (AvgIpc) is 3.38. The molecule has 1 aliphatic rings. The van der Waals surface area contributed by atoms with Crippen LogP contribution in [0.15, 0.2) is 155 Å². The van der Waals surface area contributed by atoms with Gasteiger partial charge in [0.15, 0.2) is 7.14 Å². The van der Waals surface area contributed by atoms with Gasteiger partial charge in [0.25, 0.3) is 0 Å². The second-order valence-electron chi connectivity index (χ2n) is 10.4. The topological polar surface area (TPSA) is 30.2 Å². The van der Waals surface area contributed by atoms with E-state index in [4.69, 9.17) is 4.42 Å². The van der Waals surface area contributed by atoms with E-state index in [0.29, 0.717) is 6.42 Å². The molecule has 6 aromatic rings. The summed E-state index contributed by atoms with van der Waals surface area (Å²) in [7, 11) is -3.86. The summed E-state index contributed by atoms with van der Waals surface area (Å²) in [5.74, 6) is 0.816. The molecular formula is C38H30O2P2. The molecule has 0 saturated carbocycles. The molecule has 0 aliphatic heterocycles. The third kappa shape index (κ3) is 4.92. The quantitative estimate of drug-likeness (QED) is 0.185. The fourth-order valence-electron chi connectivity index (χ4n) is 5.80. The Balaban J connectivity index is 1.44. The van der Waals surface area contributed by atoms with Gasteiger partial charge in [-0.25, -0.2) is 0 Å². The summed E-state index contributed by atoms with van der Waals surface area (Å²) in [6, 6.07) is 48.0. The molecular weight excluding hydrogens is 550 g/mol. The van der Waals surface area contributed by atoms with E-state index < -0.39 is 15.1 Å². The van der Waals surface area contributed by atoms with Crippen molar-refractivity contribution in [2.45, 2.75) is 12.8 Å². The van der Waals surface area contributed by atoms with E-state index in [1.807, 2.05) is 60.7 Å². The van der Waals surface area contributed by atoms with Crippen LogP contribution in [0, 0.1) is 0 Å². The van der Waals surface area contributed by atoms with Gasteiger partial charge in [-0.3, -0.25) is 0 Å². The highest BCUT2D eigenvalue weighted by Crippen LogP contribution is 2.55. The zero-order valence-electron chi connectivity index (χ0n) is 23.1. The van der Waals surface area contributed by atoms with Gasteiger partial charge in [-0.2, -0.15) is 0 Å². The Morgan fingerprint density at radius 1 is 0.619 bits per heavy atom. The van der Waals surface area contributed by atoms with Crippen LogP contribution in [0.2, 0.25) is 0 Å². The highest BCUT2D eigenvalue weighted by molar-refractivity contribution is 7.82. The van der Waals surface area contributed by atoms with Crippen LogP contribution in [0.4, 0.5) is 0 Å². The van der Waals surface area contributed by atoms with Crippen molar-refractivity contribution in [2.24, 2.45) is 0 Å². The molecule has 0 N–H and O–H groups in total. The van der Waals surface area contributed by atoms with E-state index in [-0.39, 0.29) is 0 Å². The van der Waals surface area contributed by atoms with Crippen molar-refractivity contribution in [3.8, 4) is 0 Å². The van der Waals surface area contributed by atoms with Crippen LogP contribution in [0.5, 0.6) is 0 Å². The highest BCUT2D eigenvalue weighted by Gasteiger charge is 2.32. The maximum absolute atomic E-state index is 15.3. The van der Waals surface area contributed by atoms with Crippen molar-refractivity contribution in [3.63, 3.8) is 0 Å². The van der Waals surface area contributed by atoms with Crippen molar-refractivity contribution in [1.29, 1.82) is 0 Å². The SMILES string of the molecule is O=P(/C1=C/c2c(oc3ccc(P(c4ccccc4)c4ccccc4)cc23)/C=C\CC1)(c1ccccc1)c1ccccc1. The molecule has 1 aliphatic carbocycles. The molecule has 42 heavy (non-hydrogen) atoms. The summed E-state index contributed by atoms with van der Waals surface area (Å²) in [5.41, 5.74) is 1.84. The Morgan fingerprint density at radius 3 is 1.74 bits per heavy atom. The Kier molecular flexibility index (Phi) is 7.35. The Hall–Kier alpha value is -4.22. The molecule has 4 heteroatoms. The zero-order chi connectivity index (χ0) is 28.4. The van der Waals surface area contributed by atoms with Gasteiger partial charge in [0.2, 0.25) is 0 Å². The van der Waals surface area contributed by atoms with Crippen LogP contribution in [0.25, 0.3) is 23.1 Å². The molecule has 0 fully saturated rings. The third-order valence-corrected chi connectivity index (χ3v) is 13.5. The van der Waals surface area contributed by atoms with Crippen LogP contribution < -0.4 is 26.5 Å². The van der Waals surface area contributed by atoms with Crippen molar-refractivity contribution in [3.05, 3.63) is 162 Å². The summed E-state index contributed by atoms with van der Waals surface area (Å²) < 4.78 is 21.8. The van der Waals surface area contributed by atoms with Gasteiger partial charge in [-0.05, 0) is 66.3 Å². The fraction of sp³-hybridized carbons (Fsp3) is 0.0526. The first-order valence-corrected chi connectivity index (χ1v) is 17.3. The maximum atomic E-state index is 15.3. The van der Waals surface area contributed by atoms with E-state index in [1.54, 1.807) is 0 Å². The second kappa shape index (κ2) is 11.6. The Bertz CT molecular complexity index is 1860. The van der Waals surface area contributed by atoms with Crippen LogP contribution >= 0.6 is 15.1 Å². The van der Waals surface area contributed by atoms with Gasteiger partial charge < -0.3 is 8.98 Å². The second-order valence-corrected chi connectivity index (χ2v) is 15.5. The Labute approximate surface area is 248 Å². The molecule has 204 valence electrons. The molecule has 7 rings (SSSR count).